The topological polar surface area (TPSA) is 99.4 Å². The van der Waals surface area contributed by atoms with Crippen molar-refractivity contribution in [3.05, 3.63) is 64.9 Å². The van der Waals surface area contributed by atoms with Gasteiger partial charge in [0.1, 0.15) is 17.8 Å². The lowest BCUT2D eigenvalue weighted by atomic mass is 10.2. The number of nitrogens with zero attached hydrogens (tertiary/aromatic N) is 2. The largest absolute Gasteiger partial charge is 0.462 e. The maximum absolute atomic E-state index is 12.1. The molecule has 0 saturated heterocycles. The van der Waals surface area contributed by atoms with Crippen LogP contribution in [-0.4, -0.2) is 22.5 Å². The second-order valence-electron chi connectivity index (χ2n) is 5.39. The van der Waals surface area contributed by atoms with Crippen LogP contribution >= 0.6 is 15.9 Å². The van der Waals surface area contributed by atoms with Crippen molar-refractivity contribution in [1.29, 1.82) is 0 Å². The molecule has 0 bridgehead atoms. The van der Waals surface area contributed by atoms with Crippen LogP contribution < -0.4 is 15.8 Å². The van der Waals surface area contributed by atoms with E-state index in [4.69, 9.17) is 15.2 Å². The number of rotatable bonds is 6. The lowest BCUT2D eigenvalue weighted by Crippen LogP contribution is -2.09. The van der Waals surface area contributed by atoms with E-state index < -0.39 is 5.97 Å². The average Bonchev–Trinajstić information content (AvgIpc) is 2.67. The minimum atomic E-state index is -0.431. The first-order valence-electron chi connectivity index (χ1n) is 8.15. The summed E-state index contributed by atoms with van der Waals surface area (Å²) in [4.78, 5) is 20.4. The molecule has 8 heteroatoms. The van der Waals surface area contributed by atoms with Gasteiger partial charge in [0.25, 0.3) is 0 Å². The van der Waals surface area contributed by atoms with Crippen molar-refractivity contribution in [1.82, 2.24) is 9.97 Å². The van der Waals surface area contributed by atoms with E-state index in [1.807, 2.05) is 12.1 Å². The highest BCUT2D eigenvalue weighted by Gasteiger charge is 2.15. The molecule has 7 nitrogen and oxygen atoms in total. The molecule has 0 atom stereocenters. The molecule has 0 spiro atoms. The number of anilines is 3. The zero-order valence-electron chi connectivity index (χ0n) is 14.5. The summed E-state index contributed by atoms with van der Waals surface area (Å²) in [5, 5.41) is 3.05. The maximum atomic E-state index is 12.1. The summed E-state index contributed by atoms with van der Waals surface area (Å²) in [5.41, 5.74) is 7.28. The van der Waals surface area contributed by atoms with Gasteiger partial charge in [0.2, 0.25) is 5.88 Å². The molecular formula is C19H17BrN4O3. The molecule has 0 amide bonds. The third-order valence-corrected chi connectivity index (χ3v) is 4.08. The molecule has 1 heterocycles. The van der Waals surface area contributed by atoms with E-state index >= 15 is 0 Å². The normalized spacial score (nSPS) is 10.3. The summed E-state index contributed by atoms with van der Waals surface area (Å²) < 4.78 is 11.7. The molecule has 0 aliphatic rings. The number of benzene rings is 2. The molecule has 2 aromatic carbocycles. The number of nitrogen functional groups attached to an aromatic ring is 1. The van der Waals surface area contributed by atoms with Crippen molar-refractivity contribution in [2.45, 2.75) is 6.92 Å². The molecule has 138 valence electrons. The quantitative estimate of drug-likeness (QED) is 0.556. The zero-order chi connectivity index (χ0) is 19.2. The van der Waals surface area contributed by atoms with E-state index in [1.165, 1.54) is 6.33 Å². The number of carbonyl (C=O) groups is 1. The van der Waals surface area contributed by atoms with Crippen LogP contribution in [0, 0.1) is 0 Å². The summed E-state index contributed by atoms with van der Waals surface area (Å²) in [7, 11) is 0. The van der Waals surface area contributed by atoms with Crippen LogP contribution in [0.1, 0.15) is 17.3 Å². The number of nitrogens with two attached hydrogens (primary N) is 1. The molecule has 0 saturated carbocycles. The van der Waals surface area contributed by atoms with Gasteiger partial charge in [-0.15, -0.1) is 0 Å². The number of aromatic nitrogens is 2. The predicted molar refractivity (Wildman–Crippen MR) is 106 cm³/mol. The second-order valence-corrected chi connectivity index (χ2v) is 6.30. The monoisotopic (exact) mass is 428 g/mol. The van der Waals surface area contributed by atoms with Gasteiger partial charge in [-0.25, -0.2) is 9.78 Å². The first-order valence-corrected chi connectivity index (χ1v) is 8.95. The number of ether oxygens (including phenoxy) is 2. The van der Waals surface area contributed by atoms with Gasteiger partial charge >= 0.3 is 5.97 Å². The Morgan fingerprint density at radius 3 is 2.63 bits per heavy atom. The summed E-state index contributed by atoms with van der Waals surface area (Å²) in [6.45, 7) is 2.04. The highest BCUT2D eigenvalue weighted by atomic mass is 79.9. The van der Waals surface area contributed by atoms with E-state index in [9.17, 15) is 4.79 Å². The Morgan fingerprint density at radius 2 is 1.89 bits per heavy atom. The Labute approximate surface area is 164 Å². The Morgan fingerprint density at radius 1 is 1.15 bits per heavy atom. The van der Waals surface area contributed by atoms with E-state index in [2.05, 4.69) is 31.2 Å². The van der Waals surface area contributed by atoms with Crippen LogP contribution in [0.5, 0.6) is 11.6 Å². The Kier molecular flexibility index (Phi) is 5.87. The molecular weight excluding hydrogens is 412 g/mol. The molecule has 0 unspecified atom stereocenters. The summed E-state index contributed by atoms with van der Waals surface area (Å²) in [5.74, 6) is 0.693. The third kappa shape index (κ3) is 4.53. The molecule has 3 N–H and O–H groups in total. The van der Waals surface area contributed by atoms with E-state index in [-0.39, 0.29) is 18.2 Å². The fourth-order valence-electron chi connectivity index (χ4n) is 2.28. The molecule has 3 aromatic rings. The minimum Gasteiger partial charge on any atom is -0.462 e. The minimum absolute atomic E-state index is 0.212. The van der Waals surface area contributed by atoms with E-state index in [0.29, 0.717) is 22.8 Å². The van der Waals surface area contributed by atoms with Crippen molar-refractivity contribution >= 4 is 39.1 Å². The highest BCUT2D eigenvalue weighted by Crippen LogP contribution is 2.32. The summed E-state index contributed by atoms with van der Waals surface area (Å²) in [6.07, 6.45) is 1.33. The number of hydrogen-bond donors (Lipinski definition) is 2. The first-order chi connectivity index (χ1) is 13.1. The second kappa shape index (κ2) is 8.50. The van der Waals surface area contributed by atoms with Crippen molar-refractivity contribution in [3.8, 4) is 11.6 Å². The molecule has 0 aliphatic carbocycles. The maximum Gasteiger partial charge on any atom is 0.340 e. The molecule has 27 heavy (non-hydrogen) atoms. The Hall–Kier alpha value is -3.13. The van der Waals surface area contributed by atoms with Gasteiger partial charge in [0.15, 0.2) is 5.82 Å². The fraction of sp³-hybridized carbons (Fsp3) is 0.105. The fourth-order valence-corrected chi connectivity index (χ4v) is 2.55. The summed E-state index contributed by atoms with van der Waals surface area (Å²) in [6, 6.07) is 14.2. The number of nitrogens with one attached hydrogen (secondary N) is 1. The van der Waals surface area contributed by atoms with Crippen molar-refractivity contribution in [2.24, 2.45) is 0 Å². The average molecular weight is 429 g/mol. The smallest absolute Gasteiger partial charge is 0.340 e. The van der Waals surface area contributed by atoms with Gasteiger partial charge in [0.05, 0.1) is 17.9 Å². The molecule has 0 fully saturated rings. The van der Waals surface area contributed by atoms with E-state index in [0.717, 1.165) is 4.47 Å². The third-order valence-electron chi connectivity index (χ3n) is 3.55. The molecule has 3 rings (SSSR count). The lowest BCUT2D eigenvalue weighted by molar-refractivity contribution is 0.0527. The molecule has 0 radical (unpaired) electrons. The number of carbonyl (C=O) groups excluding carboxylic acids is 1. The molecule has 1 aromatic heterocycles. The van der Waals surface area contributed by atoms with Crippen LogP contribution in [-0.2, 0) is 4.74 Å². The van der Waals surface area contributed by atoms with Gasteiger partial charge in [-0.2, -0.15) is 4.98 Å². The van der Waals surface area contributed by atoms with Crippen LogP contribution in [0.3, 0.4) is 0 Å². The number of esters is 1. The number of hydrogen-bond acceptors (Lipinski definition) is 7. The molecule has 0 aliphatic heterocycles. The van der Waals surface area contributed by atoms with Crippen LogP contribution in [0.2, 0.25) is 0 Å². The van der Waals surface area contributed by atoms with Crippen molar-refractivity contribution in [2.75, 3.05) is 17.7 Å². The van der Waals surface area contributed by atoms with Gasteiger partial charge in [0, 0.05) is 4.47 Å². The summed E-state index contributed by atoms with van der Waals surface area (Å²) >= 11 is 3.37. The van der Waals surface area contributed by atoms with E-state index in [1.54, 1.807) is 43.3 Å². The van der Waals surface area contributed by atoms with Crippen molar-refractivity contribution in [3.63, 3.8) is 0 Å². The lowest BCUT2D eigenvalue weighted by Gasteiger charge is -2.14. The zero-order valence-corrected chi connectivity index (χ0v) is 16.1. The van der Waals surface area contributed by atoms with Gasteiger partial charge < -0.3 is 20.5 Å². The Bertz CT molecular complexity index is 948. The standard InChI is InChI=1S/C19H17BrN4O3/c1-2-26-19(25)14-5-3-4-6-15(14)24-17-16(21)18(23-11-22-17)27-13-9-7-12(20)8-10-13/h3-11H,2,21H2,1H3,(H,22,23,24). The SMILES string of the molecule is CCOC(=O)c1ccccc1Nc1ncnc(Oc2ccc(Br)cc2)c1N. The van der Waals surface area contributed by atoms with Gasteiger partial charge in [-0.3, -0.25) is 0 Å². The van der Waals surface area contributed by atoms with Crippen LogP contribution in [0.15, 0.2) is 59.3 Å². The van der Waals surface area contributed by atoms with Gasteiger partial charge in [-0.1, -0.05) is 28.1 Å². The Balaban J connectivity index is 1.87. The highest BCUT2D eigenvalue weighted by molar-refractivity contribution is 9.10. The van der Waals surface area contributed by atoms with Gasteiger partial charge in [-0.05, 0) is 43.3 Å². The first kappa shape index (κ1) is 18.7. The number of halogens is 1. The van der Waals surface area contributed by atoms with Crippen LogP contribution in [0.25, 0.3) is 0 Å². The number of para-hydroxylation sites is 1. The predicted octanol–water partition coefficient (Wildman–Crippen LogP) is 4.53. The van der Waals surface area contributed by atoms with Crippen molar-refractivity contribution < 1.29 is 14.3 Å². The van der Waals surface area contributed by atoms with Crippen LogP contribution in [0.4, 0.5) is 17.2 Å².